The summed E-state index contributed by atoms with van der Waals surface area (Å²) < 4.78 is 5.73. The van der Waals surface area contributed by atoms with Gasteiger partial charge < -0.3 is 4.52 Å². The van der Waals surface area contributed by atoms with Gasteiger partial charge in [0, 0.05) is 21.6 Å². The van der Waals surface area contributed by atoms with E-state index in [1.807, 2.05) is 24.3 Å². The Bertz CT molecular complexity index is 698. The number of aromatic nitrogens is 3. The maximum atomic E-state index is 5.62. The van der Waals surface area contributed by atoms with E-state index in [0.29, 0.717) is 5.82 Å². The van der Waals surface area contributed by atoms with Gasteiger partial charge in [-0.3, -0.25) is 4.98 Å². The summed E-state index contributed by atoms with van der Waals surface area (Å²) in [6.07, 6.45) is 1.72. The molecule has 0 aliphatic rings. The predicted molar refractivity (Wildman–Crippen MR) is 67.7 cm³/mol. The van der Waals surface area contributed by atoms with Crippen molar-refractivity contribution >= 4 is 38.4 Å². The highest BCUT2D eigenvalue weighted by molar-refractivity contribution is 9.10. The molecule has 0 bridgehead atoms. The van der Waals surface area contributed by atoms with Gasteiger partial charge in [-0.1, -0.05) is 27.2 Å². The molecule has 0 saturated heterocycles. The van der Waals surface area contributed by atoms with Crippen molar-refractivity contribution in [1.29, 1.82) is 0 Å². The van der Waals surface area contributed by atoms with E-state index in [0.717, 1.165) is 20.9 Å². The fourth-order valence-electron chi connectivity index (χ4n) is 1.63. The molecule has 0 spiro atoms. The number of hydrogen-bond donors (Lipinski definition) is 0. The van der Waals surface area contributed by atoms with E-state index < -0.39 is 0 Å². The molecular formula is C11H5BrClN3O. The molecule has 0 N–H and O–H groups in total. The van der Waals surface area contributed by atoms with Crippen LogP contribution in [0.5, 0.6) is 0 Å². The molecule has 84 valence electrons. The van der Waals surface area contributed by atoms with Gasteiger partial charge in [-0.15, -0.1) is 0 Å². The molecule has 4 nitrogen and oxygen atoms in total. The van der Waals surface area contributed by atoms with E-state index in [1.165, 1.54) is 0 Å². The first-order valence-corrected chi connectivity index (χ1v) is 5.95. The molecule has 0 radical (unpaired) electrons. The quantitative estimate of drug-likeness (QED) is 0.687. The SMILES string of the molecule is Clc1nc(-c2ccc(Br)c3cccnc23)no1. The van der Waals surface area contributed by atoms with Crippen LogP contribution in [-0.4, -0.2) is 15.1 Å². The van der Waals surface area contributed by atoms with Gasteiger partial charge in [0.25, 0.3) is 0 Å². The highest BCUT2D eigenvalue weighted by Crippen LogP contribution is 2.30. The second kappa shape index (κ2) is 4.09. The van der Waals surface area contributed by atoms with Crippen molar-refractivity contribution in [2.45, 2.75) is 0 Å². The van der Waals surface area contributed by atoms with Crippen LogP contribution in [0.1, 0.15) is 0 Å². The largest absolute Gasteiger partial charge is 0.321 e. The molecule has 1 aromatic carbocycles. The topological polar surface area (TPSA) is 51.8 Å². The predicted octanol–water partition coefficient (Wildman–Crippen LogP) is 3.70. The fourth-order valence-corrected chi connectivity index (χ4v) is 2.20. The zero-order valence-corrected chi connectivity index (χ0v) is 10.7. The summed E-state index contributed by atoms with van der Waals surface area (Å²) >= 11 is 9.10. The molecule has 0 amide bonds. The summed E-state index contributed by atoms with van der Waals surface area (Å²) in [4.78, 5) is 8.33. The smallest absolute Gasteiger partial charge is 0.320 e. The Morgan fingerprint density at radius 3 is 2.88 bits per heavy atom. The monoisotopic (exact) mass is 309 g/mol. The van der Waals surface area contributed by atoms with Crippen LogP contribution in [-0.2, 0) is 0 Å². The minimum absolute atomic E-state index is 0.0204. The first kappa shape index (κ1) is 10.7. The number of rotatable bonds is 1. The second-order valence-electron chi connectivity index (χ2n) is 3.37. The lowest BCUT2D eigenvalue weighted by molar-refractivity contribution is 0.421. The summed E-state index contributed by atoms with van der Waals surface area (Å²) in [6, 6.07) is 7.64. The van der Waals surface area contributed by atoms with Gasteiger partial charge in [-0.25, -0.2) is 0 Å². The highest BCUT2D eigenvalue weighted by atomic mass is 79.9. The lowest BCUT2D eigenvalue weighted by Gasteiger charge is -2.03. The van der Waals surface area contributed by atoms with Crippen molar-refractivity contribution in [2.24, 2.45) is 0 Å². The molecule has 3 rings (SSSR count). The molecule has 0 aliphatic carbocycles. The van der Waals surface area contributed by atoms with Gasteiger partial charge in [0.2, 0.25) is 5.82 Å². The Labute approximate surface area is 110 Å². The third-order valence-electron chi connectivity index (χ3n) is 2.36. The van der Waals surface area contributed by atoms with Gasteiger partial charge in [-0.2, -0.15) is 4.98 Å². The van der Waals surface area contributed by atoms with Crippen molar-refractivity contribution in [3.63, 3.8) is 0 Å². The van der Waals surface area contributed by atoms with Crippen molar-refractivity contribution in [3.8, 4) is 11.4 Å². The average molecular weight is 311 g/mol. The van der Waals surface area contributed by atoms with Gasteiger partial charge in [0.05, 0.1) is 5.52 Å². The second-order valence-corrected chi connectivity index (χ2v) is 4.54. The molecular weight excluding hydrogens is 305 g/mol. The van der Waals surface area contributed by atoms with Crippen molar-refractivity contribution in [1.82, 2.24) is 15.1 Å². The highest BCUT2D eigenvalue weighted by Gasteiger charge is 2.12. The summed E-state index contributed by atoms with van der Waals surface area (Å²) in [5, 5.41) is 4.80. The number of hydrogen-bond acceptors (Lipinski definition) is 4. The summed E-state index contributed by atoms with van der Waals surface area (Å²) in [6.45, 7) is 0. The Kier molecular flexibility index (Phi) is 2.57. The maximum absolute atomic E-state index is 5.62. The third-order valence-corrected chi connectivity index (χ3v) is 3.20. The number of fused-ring (bicyclic) bond motifs is 1. The standard InChI is InChI=1S/C11H5BrClN3O/c12-8-4-3-7(10-15-11(13)17-16-10)9-6(8)2-1-5-14-9/h1-5H. The van der Waals surface area contributed by atoms with E-state index in [-0.39, 0.29) is 5.35 Å². The number of halogens is 2. The van der Waals surface area contributed by atoms with Crippen LogP contribution in [0.15, 0.2) is 39.5 Å². The fraction of sp³-hybridized carbons (Fsp3) is 0. The molecule has 0 fully saturated rings. The van der Waals surface area contributed by atoms with Crippen molar-refractivity contribution < 1.29 is 4.52 Å². The number of nitrogens with zero attached hydrogens (tertiary/aromatic N) is 3. The van der Waals surface area contributed by atoms with Crippen LogP contribution >= 0.6 is 27.5 Å². The molecule has 0 unspecified atom stereocenters. The summed E-state index contributed by atoms with van der Waals surface area (Å²) in [5.74, 6) is 0.436. The van der Waals surface area contributed by atoms with Gasteiger partial charge in [-0.05, 0) is 29.8 Å². The Hall–Kier alpha value is -1.46. The van der Waals surface area contributed by atoms with Crippen molar-refractivity contribution in [2.75, 3.05) is 0 Å². The third kappa shape index (κ3) is 1.81. The zero-order valence-electron chi connectivity index (χ0n) is 8.39. The molecule has 3 aromatic rings. The molecule has 17 heavy (non-hydrogen) atoms. The van der Waals surface area contributed by atoms with E-state index >= 15 is 0 Å². The van der Waals surface area contributed by atoms with E-state index in [4.69, 9.17) is 16.1 Å². The molecule has 0 atom stereocenters. The first-order chi connectivity index (χ1) is 8.25. The Morgan fingerprint density at radius 1 is 1.24 bits per heavy atom. The minimum Gasteiger partial charge on any atom is -0.321 e. The maximum Gasteiger partial charge on any atom is 0.320 e. The van der Waals surface area contributed by atoms with Gasteiger partial charge in [0.15, 0.2) is 0 Å². The molecule has 6 heteroatoms. The lowest BCUT2D eigenvalue weighted by Crippen LogP contribution is -1.87. The van der Waals surface area contributed by atoms with Gasteiger partial charge in [0.1, 0.15) is 0 Å². The minimum atomic E-state index is 0.0204. The lowest BCUT2D eigenvalue weighted by atomic mass is 10.1. The van der Waals surface area contributed by atoms with Crippen LogP contribution in [0.4, 0.5) is 0 Å². The first-order valence-electron chi connectivity index (χ1n) is 4.78. The molecule has 2 heterocycles. The Morgan fingerprint density at radius 2 is 2.12 bits per heavy atom. The number of pyridine rings is 1. The average Bonchev–Trinajstić information content (AvgIpc) is 2.77. The van der Waals surface area contributed by atoms with Crippen LogP contribution in [0.3, 0.4) is 0 Å². The Balaban J connectivity index is 2.34. The summed E-state index contributed by atoms with van der Waals surface area (Å²) in [7, 11) is 0. The molecule has 0 aliphatic heterocycles. The van der Waals surface area contributed by atoms with Crippen LogP contribution < -0.4 is 0 Å². The van der Waals surface area contributed by atoms with Crippen LogP contribution in [0.2, 0.25) is 5.35 Å². The van der Waals surface area contributed by atoms with Crippen LogP contribution in [0, 0.1) is 0 Å². The van der Waals surface area contributed by atoms with Crippen LogP contribution in [0.25, 0.3) is 22.3 Å². The van der Waals surface area contributed by atoms with E-state index in [9.17, 15) is 0 Å². The van der Waals surface area contributed by atoms with E-state index in [2.05, 4.69) is 31.1 Å². The zero-order chi connectivity index (χ0) is 11.8. The molecule has 0 saturated carbocycles. The number of benzene rings is 1. The van der Waals surface area contributed by atoms with Gasteiger partial charge >= 0.3 is 5.35 Å². The molecule has 2 aromatic heterocycles. The normalized spacial score (nSPS) is 10.9. The van der Waals surface area contributed by atoms with Crippen molar-refractivity contribution in [3.05, 3.63) is 40.3 Å². The summed E-state index contributed by atoms with van der Waals surface area (Å²) in [5.41, 5.74) is 1.60. The van der Waals surface area contributed by atoms with E-state index in [1.54, 1.807) is 6.20 Å².